The SMILES string of the molecule is COc1ccc(S(=O)(=O)N2CCC[C@@H](C(=O)NCCCN3CCOCC3)C2)cc1OC. The van der Waals surface area contributed by atoms with Crippen LogP contribution in [0.25, 0.3) is 0 Å². The van der Waals surface area contributed by atoms with Crippen LogP contribution in [0.15, 0.2) is 23.1 Å². The molecule has 0 aliphatic carbocycles. The molecule has 1 atom stereocenters. The van der Waals surface area contributed by atoms with Gasteiger partial charge >= 0.3 is 0 Å². The Morgan fingerprint density at radius 1 is 1.16 bits per heavy atom. The molecule has 9 nitrogen and oxygen atoms in total. The molecule has 0 unspecified atom stereocenters. The zero-order valence-electron chi connectivity index (χ0n) is 18.3. The lowest BCUT2D eigenvalue weighted by atomic mass is 9.99. The summed E-state index contributed by atoms with van der Waals surface area (Å²) < 4.78 is 43.4. The first-order valence-corrected chi connectivity index (χ1v) is 12.2. The normalized spacial score (nSPS) is 20.9. The Hall–Kier alpha value is -1.88. The van der Waals surface area contributed by atoms with E-state index in [1.54, 1.807) is 6.07 Å². The zero-order chi connectivity index (χ0) is 22.3. The summed E-state index contributed by atoms with van der Waals surface area (Å²) in [6.07, 6.45) is 2.21. The van der Waals surface area contributed by atoms with Crippen LogP contribution in [0.4, 0.5) is 0 Å². The van der Waals surface area contributed by atoms with E-state index >= 15 is 0 Å². The summed E-state index contributed by atoms with van der Waals surface area (Å²) in [6.45, 7) is 5.49. The molecule has 2 aliphatic rings. The highest BCUT2D eigenvalue weighted by Gasteiger charge is 2.33. The van der Waals surface area contributed by atoms with E-state index in [-0.39, 0.29) is 23.3 Å². The molecule has 2 aliphatic heterocycles. The van der Waals surface area contributed by atoms with Gasteiger partial charge in [0.1, 0.15) is 0 Å². The number of hydrogen-bond donors (Lipinski definition) is 1. The summed E-state index contributed by atoms with van der Waals surface area (Å²) in [6, 6.07) is 4.55. The summed E-state index contributed by atoms with van der Waals surface area (Å²) in [5, 5.41) is 2.98. The van der Waals surface area contributed by atoms with E-state index in [4.69, 9.17) is 14.2 Å². The lowest BCUT2D eigenvalue weighted by molar-refractivity contribution is -0.126. The summed E-state index contributed by atoms with van der Waals surface area (Å²) in [5.74, 6) is 0.408. The summed E-state index contributed by atoms with van der Waals surface area (Å²) >= 11 is 0. The number of methoxy groups -OCH3 is 2. The minimum absolute atomic E-state index is 0.0748. The predicted octanol–water partition coefficient (Wildman–Crippen LogP) is 0.943. The fourth-order valence-electron chi connectivity index (χ4n) is 3.98. The summed E-state index contributed by atoms with van der Waals surface area (Å²) in [5.41, 5.74) is 0. The molecule has 3 rings (SSSR count). The third kappa shape index (κ3) is 6.09. The van der Waals surface area contributed by atoms with Crippen LogP contribution < -0.4 is 14.8 Å². The number of rotatable bonds is 9. The molecule has 174 valence electrons. The molecule has 0 aromatic heterocycles. The van der Waals surface area contributed by atoms with Crippen LogP contribution in [0.2, 0.25) is 0 Å². The number of sulfonamides is 1. The van der Waals surface area contributed by atoms with Gasteiger partial charge in [-0.25, -0.2) is 8.42 Å². The Morgan fingerprint density at radius 3 is 2.61 bits per heavy atom. The Morgan fingerprint density at radius 2 is 1.90 bits per heavy atom. The zero-order valence-corrected chi connectivity index (χ0v) is 19.2. The van der Waals surface area contributed by atoms with Gasteiger partial charge in [-0.1, -0.05) is 0 Å². The molecule has 0 spiro atoms. The van der Waals surface area contributed by atoms with Gasteiger partial charge in [-0.15, -0.1) is 0 Å². The third-order valence-corrected chi connectivity index (χ3v) is 7.66. The topological polar surface area (TPSA) is 97.4 Å². The van der Waals surface area contributed by atoms with Crippen molar-refractivity contribution in [2.45, 2.75) is 24.2 Å². The molecule has 1 aromatic rings. The Balaban J connectivity index is 1.54. The number of morpholine rings is 1. The molecular weight excluding hydrogens is 422 g/mol. The summed E-state index contributed by atoms with van der Waals surface area (Å²) in [7, 11) is -0.759. The second-order valence-corrected chi connectivity index (χ2v) is 9.76. The predicted molar refractivity (Wildman–Crippen MR) is 116 cm³/mol. The van der Waals surface area contributed by atoms with Crippen molar-refractivity contribution in [3.63, 3.8) is 0 Å². The van der Waals surface area contributed by atoms with Gasteiger partial charge in [-0.3, -0.25) is 9.69 Å². The second-order valence-electron chi connectivity index (χ2n) is 7.82. The quantitative estimate of drug-likeness (QED) is 0.554. The molecule has 0 saturated carbocycles. The van der Waals surface area contributed by atoms with Crippen molar-refractivity contribution >= 4 is 15.9 Å². The molecule has 10 heteroatoms. The smallest absolute Gasteiger partial charge is 0.243 e. The molecule has 0 bridgehead atoms. The summed E-state index contributed by atoms with van der Waals surface area (Å²) in [4.78, 5) is 15.1. The van der Waals surface area contributed by atoms with E-state index < -0.39 is 10.0 Å². The van der Waals surface area contributed by atoms with Crippen molar-refractivity contribution in [1.82, 2.24) is 14.5 Å². The van der Waals surface area contributed by atoms with Gasteiger partial charge < -0.3 is 19.5 Å². The number of hydrogen-bond acceptors (Lipinski definition) is 7. The van der Waals surface area contributed by atoms with Gasteiger partial charge in [0, 0.05) is 38.8 Å². The standard InChI is InChI=1S/C21H33N3O6S/c1-28-19-7-6-18(15-20(19)29-2)31(26,27)24-10-3-5-17(16-24)21(25)22-8-4-9-23-11-13-30-14-12-23/h6-7,15,17H,3-5,8-14,16H2,1-2H3,(H,22,25)/t17-/m1/s1. The highest BCUT2D eigenvalue weighted by atomic mass is 32.2. The molecule has 0 radical (unpaired) electrons. The minimum atomic E-state index is -3.73. The van der Waals surface area contributed by atoms with Crippen molar-refractivity contribution in [2.75, 3.05) is 66.7 Å². The average molecular weight is 456 g/mol. The first kappa shape index (κ1) is 23.8. The molecule has 2 heterocycles. The van der Waals surface area contributed by atoms with Gasteiger partial charge in [0.15, 0.2) is 11.5 Å². The van der Waals surface area contributed by atoms with Crippen molar-refractivity contribution in [1.29, 1.82) is 0 Å². The van der Waals surface area contributed by atoms with E-state index in [9.17, 15) is 13.2 Å². The minimum Gasteiger partial charge on any atom is -0.493 e. The van der Waals surface area contributed by atoms with Gasteiger partial charge in [0.05, 0.1) is 38.2 Å². The van der Waals surface area contributed by atoms with Gasteiger partial charge in [-0.05, 0) is 37.9 Å². The van der Waals surface area contributed by atoms with E-state index in [0.29, 0.717) is 37.4 Å². The van der Waals surface area contributed by atoms with Crippen molar-refractivity contribution < 1.29 is 27.4 Å². The highest BCUT2D eigenvalue weighted by molar-refractivity contribution is 7.89. The average Bonchev–Trinajstić information content (AvgIpc) is 2.81. The van der Waals surface area contributed by atoms with Gasteiger partial charge in [0.2, 0.25) is 15.9 Å². The van der Waals surface area contributed by atoms with Crippen LogP contribution in [-0.2, 0) is 19.6 Å². The maximum atomic E-state index is 13.1. The molecule has 2 fully saturated rings. The van der Waals surface area contributed by atoms with E-state index in [1.807, 2.05) is 0 Å². The lowest BCUT2D eigenvalue weighted by Crippen LogP contribution is -2.45. The molecule has 31 heavy (non-hydrogen) atoms. The maximum Gasteiger partial charge on any atom is 0.243 e. The van der Waals surface area contributed by atoms with Crippen LogP contribution in [0.1, 0.15) is 19.3 Å². The van der Waals surface area contributed by atoms with Crippen LogP contribution >= 0.6 is 0 Å². The number of nitrogens with one attached hydrogen (secondary N) is 1. The van der Waals surface area contributed by atoms with Crippen LogP contribution in [0.5, 0.6) is 11.5 Å². The van der Waals surface area contributed by atoms with Crippen LogP contribution in [0.3, 0.4) is 0 Å². The molecule has 1 amide bonds. The maximum absolute atomic E-state index is 13.1. The Bertz CT molecular complexity index is 842. The number of carbonyl (C=O) groups is 1. The lowest BCUT2D eigenvalue weighted by Gasteiger charge is -2.31. The van der Waals surface area contributed by atoms with E-state index in [2.05, 4.69) is 10.2 Å². The van der Waals surface area contributed by atoms with Crippen LogP contribution in [-0.4, -0.2) is 90.2 Å². The van der Waals surface area contributed by atoms with Gasteiger partial charge in [-0.2, -0.15) is 4.31 Å². The highest BCUT2D eigenvalue weighted by Crippen LogP contribution is 2.32. The Kier molecular flexibility index (Phi) is 8.53. The third-order valence-electron chi connectivity index (χ3n) is 5.80. The van der Waals surface area contributed by atoms with Crippen molar-refractivity contribution in [2.24, 2.45) is 5.92 Å². The van der Waals surface area contributed by atoms with E-state index in [0.717, 1.165) is 39.3 Å². The van der Waals surface area contributed by atoms with Gasteiger partial charge in [0.25, 0.3) is 0 Å². The number of piperidine rings is 1. The first-order valence-electron chi connectivity index (χ1n) is 10.8. The van der Waals surface area contributed by atoms with E-state index in [1.165, 1.54) is 30.7 Å². The molecular formula is C21H33N3O6S. The monoisotopic (exact) mass is 455 g/mol. The molecule has 1 aromatic carbocycles. The first-order chi connectivity index (χ1) is 15.0. The van der Waals surface area contributed by atoms with Crippen molar-refractivity contribution in [3.05, 3.63) is 18.2 Å². The Labute approximate surface area is 184 Å². The fourth-order valence-corrected chi connectivity index (χ4v) is 5.52. The van der Waals surface area contributed by atoms with Crippen LogP contribution in [0, 0.1) is 5.92 Å². The molecule has 2 saturated heterocycles. The number of carbonyl (C=O) groups excluding carboxylic acids is 1. The van der Waals surface area contributed by atoms with Crippen molar-refractivity contribution in [3.8, 4) is 11.5 Å². The number of ether oxygens (including phenoxy) is 3. The number of benzene rings is 1. The fraction of sp³-hybridized carbons (Fsp3) is 0.667. The number of nitrogens with zero attached hydrogens (tertiary/aromatic N) is 2. The second kappa shape index (κ2) is 11.1. The number of amides is 1. The largest absolute Gasteiger partial charge is 0.493 e. The molecule has 1 N–H and O–H groups in total.